The van der Waals surface area contributed by atoms with Gasteiger partial charge in [0.1, 0.15) is 0 Å². The van der Waals surface area contributed by atoms with Gasteiger partial charge in [0.2, 0.25) is 0 Å². The van der Waals surface area contributed by atoms with Gasteiger partial charge in [0.25, 0.3) is 5.91 Å². The summed E-state index contributed by atoms with van der Waals surface area (Å²) in [7, 11) is 0. The number of thiophene rings is 1. The van der Waals surface area contributed by atoms with E-state index < -0.39 is 5.97 Å². The lowest BCUT2D eigenvalue weighted by molar-refractivity contribution is -0.151. The number of benzene rings is 1. The van der Waals surface area contributed by atoms with Crippen molar-refractivity contribution in [3.63, 3.8) is 0 Å². The summed E-state index contributed by atoms with van der Waals surface area (Å²) < 4.78 is 5.50. The number of hydrogen-bond donors (Lipinski definition) is 0. The van der Waals surface area contributed by atoms with Gasteiger partial charge in [0.15, 0.2) is 12.4 Å². The minimum atomic E-state index is -0.592. The van der Waals surface area contributed by atoms with E-state index in [4.69, 9.17) is 16.3 Å². The summed E-state index contributed by atoms with van der Waals surface area (Å²) in [6.07, 6.45) is 0.589. The third-order valence-electron chi connectivity index (χ3n) is 3.96. The second-order valence-electron chi connectivity index (χ2n) is 5.87. The number of carbonyl (C=O) groups is 3. The predicted molar refractivity (Wildman–Crippen MR) is 103 cm³/mol. The topological polar surface area (TPSA) is 76.0 Å². The summed E-state index contributed by atoms with van der Waals surface area (Å²) in [5.41, 5.74) is 1.80. The monoisotopic (exact) mass is 404 g/mol. The molecule has 1 amide bonds. The van der Waals surface area contributed by atoms with Crippen molar-refractivity contribution in [2.24, 2.45) is 5.10 Å². The van der Waals surface area contributed by atoms with Crippen molar-refractivity contribution < 1.29 is 19.1 Å². The van der Waals surface area contributed by atoms with Gasteiger partial charge in [0, 0.05) is 12.8 Å². The molecule has 1 aliphatic heterocycles. The van der Waals surface area contributed by atoms with Crippen molar-refractivity contribution in [3.05, 3.63) is 57.2 Å². The first kappa shape index (κ1) is 19.3. The molecule has 1 aliphatic rings. The standard InChI is InChI=1S/C19H17ClN2O4S/c20-17-8-7-16(27-17)15(23)6-9-19(25)26-12-18(24)22-11-10-14(21-22)13-4-2-1-3-5-13/h1-5,7-8H,6,9-12H2. The van der Waals surface area contributed by atoms with Crippen LogP contribution in [0.4, 0.5) is 0 Å². The molecule has 0 aliphatic carbocycles. The van der Waals surface area contributed by atoms with Gasteiger partial charge >= 0.3 is 5.97 Å². The number of nitrogens with zero attached hydrogens (tertiary/aromatic N) is 2. The van der Waals surface area contributed by atoms with Gasteiger partial charge in [-0.3, -0.25) is 14.4 Å². The quantitative estimate of drug-likeness (QED) is 0.522. The molecule has 0 spiro atoms. The van der Waals surface area contributed by atoms with Crippen LogP contribution >= 0.6 is 22.9 Å². The molecule has 0 unspecified atom stereocenters. The van der Waals surface area contributed by atoms with Gasteiger partial charge < -0.3 is 4.74 Å². The number of rotatable bonds is 7. The Morgan fingerprint density at radius 3 is 2.59 bits per heavy atom. The van der Waals surface area contributed by atoms with E-state index in [1.54, 1.807) is 12.1 Å². The zero-order chi connectivity index (χ0) is 19.2. The van der Waals surface area contributed by atoms with Crippen LogP contribution in [0.2, 0.25) is 4.34 Å². The number of esters is 1. The fourth-order valence-corrected chi connectivity index (χ4v) is 3.57. The second-order valence-corrected chi connectivity index (χ2v) is 7.58. The maximum Gasteiger partial charge on any atom is 0.306 e. The molecule has 6 nitrogen and oxygen atoms in total. The van der Waals surface area contributed by atoms with E-state index in [0.29, 0.717) is 22.2 Å². The van der Waals surface area contributed by atoms with Gasteiger partial charge in [0.05, 0.1) is 27.9 Å². The van der Waals surface area contributed by atoms with Crippen molar-refractivity contribution in [1.29, 1.82) is 0 Å². The number of ketones is 1. The Bertz CT molecular complexity index is 879. The molecule has 140 valence electrons. The molecule has 1 aromatic heterocycles. The predicted octanol–water partition coefficient (Wildman–Crippen LogP) is 3.54. The Morgan fingerprint density at radius 1 is 1.11 bits per heavy atom. The lowest BCUT2D eigenvalue weighted by Crippen LogP contribution is -2.28. The molecule has 0 radical (unpaired) electrons. The Hall–Kier alpha value is -2.51. The molecule has 0 saturated carbocycles. The van der Waals surface area contributed by atoms with Crippen LogP contribution in [0.3, 0.4) is 0 Å². The lowest BCUT2D eigenvalue weighted by atomic mass is 10.1. The molecular weight excluding hydrogens is 388 g/mol. The van der Waals surface area contributed by atoms with Gasteiger partial charge in [-0.2, -0.15) is 5.10 Å². The second kappa shape index (κ2) is 8.92. The van der Waals surface area contributed by atoms with Crippen LogP contribution in [-0.4, -0.2) is 41.5 Å². The number of hydrazone groups is 1. The lowest BCUT2D eigenvalue weighted by Gasteiger charge is -2.11. The largest absolute Gasteiger partial charge is 0.455 e. The molecule has 2 heterocycles. The maximum atomic E-state index is 12.2. The molecule has 0 atom stereocenters. The SMILES string of the molecule is O=C(CCC(=O)c1ccc(Cl)s1)OCC(=O)N1CCC(c2ccccc2)=N1. The third-order valence-corrected chi connectivity index (χ3v) is 5.23. The zero-order valence-corrected chi connectivity index (χ0v) is 16.0. The summed E-state index contributed by atoms with van der Waals surface area (Å²) in [5, 5.41) is 5.61. The van der Waals surface area contributed by atoms with Crippen molar-refractivity contribution in [2.75, 3.05) is 13.2 Å². The summed E-state index contributed by atoms with van der Waals surface area (Å²) in [5.74, 6) is -1.15. The highest BCUT2D eigenvalue weighted by atomic mass is 35.5. The van der Waals surface area contributed by atoms with Crippen molar-refractivity contribution in [1.82, 2.24) is 5.01 Å². The van der Waals surface area contributed by atoms with Crippen LogP contribution in [0.15, 0.2) is 47.6 Å². The average Bonchev–Trinajstić information content (AvgIpc) is 3.34. The van der Waals surface area contributed by atoms with Gasteiger partial charge in [-0.05, 0) is 17.7 Å². The number of carbonyl (C=O) groups excluding carboxylic acids is 3. The zero-order valence-electron chi connectivity index (χ0n) is 14.4. The van der Waals surface area contributed by atoms with E-state index in [1.807, 2.05) is 30.3 Å². The molecule has 0 fully saturated rings. The van der Waals surface area contributed by atoms with Crippen molar-refractivity contribution >= 4 is 46.3 Å². The Kier molecular flexibility index (Phi) is 6.36. The third kappa shape index (κ3) is 5.24. The van der Waals surface area contributed by atoms with E-state index in [-0.39, 0.29) is 31.1 Å². The summed E-state index contributed by atoms with van der Waals surface area (Å²) in [4.78, 5) is 36.4. The first-order chi connectivity index (χ1) is 13.0. The highest BCUT2D eigenvalue weighted by Gasteiger charge is 2.22. The molecule has 0 N–H and O–H groups in total. The number of halogens is 1. The number of Topliss-reactive ketones (excluding diaryl/α,β-unsaturated/α-hetero) is 1. The highest BCUT2D eigenvalue weighted by molar-refractivity contribution is 7.18. The normalized spacial score (nSPS) is 13.4. The van der Waals surface area contributed by atoms with E-state index in [0.717, 1.165) is 11.3 Å². The Balaban J connectivity index is 1.43. The smallest absolute Gasteiger partial charge is 0.306 e. The maximum absolute atomic E-state index is 12.2. The van der Waals surface area contributed by atoms with Gasteiger partial charge in [-0.15, -0.1) is 11.3 Å². The number of hydrogen-bond acceptors (Lipinski definition) is 6. The Labute approximate surface area is 165 Å². The van der Waals surface area contributed by atoms with Crippen LogP contribution in [0.5, 0.6) is 0 Å². The fourth-order valence-electron chi connectivity index (χ4n) is 2.56. The first-order valence-corrected chi connectivity index (χ1v) is 9.60. The van der Waals surface area contributed by atoms with Crippen LogP contribution < -0.4 is 0 Å². The number of amides is 1. The van der Waals surface area contributed by atoms with Crippen LogP contribution in [0, 0.1) is 0 Å². The first-order valence-electron chi connectivity index (χ1n) is 8.40. The average molecular weight is 405 g/mol. The summed E-state index contributed by atoms with van der Waals surface area (Å²) >= 11 is 6.95. The highest BCUT2D eigenvalue weighted by Crippen LogP contribution is 2.23. The minimum absolute atomic E-state index is 0.0177. The van der Waals surface area contributed by atoms with E-state index >= 15 is 0 Å². The van der Waals surface area contributed by atoms with Crippen molar-refractivity contribution in [2.45, 2.75) is 19.3 Å². The van der Waals surface area contributed by atoms with Gasteiger partial charge in [-0.25, -0.2) is 5.01 Å². The Morgan fingerprint density at radius 2 is 1.89 bits per heavy atom. The van der Waals surface area contributed by atoms with E-state index in [9.17, 15) is 14.4 Å². The van der Waals surface area contributed by atoms with E-state index in [1.165, 1.54) is 16.3 Å². The molecule has 2 aromatic rings. The molecule has 3 rings (SSSR count). The minimum Gasteiger partial charge on any atom is -0.455 e. The molecule has 1 aromatic carbocycles. The molecule has 8 heteroatoms. The van der Waals surface area contributed by atoms with Crippen LogP contribution in [-0.2, 0) is 14.3 Å². The van der Waals surface area contributed by atoms with E-state index in [2.05, 4.69) is 5.10 Å². The molecule has 0 saturated heterocycles. The summed E-state index contributed by atoms with van der Waals surface area (Å²) in [6, 6.07) is 12.9. The number of ether oxygens (including phenoxy) is 1. The molecule has 27 heavy (non-hydrogen) atoms. The van der Waals surface area contributed by atoms with Crippen LogP contribution in [0.1, 0.15) is 34.5 Å². The van der Waals surface area contributed by atoms with Crippen LogP contribution in [0.25, 0.3) is 0 Å². The van der Waals surface area contributed by atoms with Gasteiger partial charge in [-0.1, -0.05) is 41.9 Å². The summed E-state index contributed by atoms with van der Waals surface area (Å²) in [6.45, 7) is 0.0711. The van der Waals surface area contributed by atoms with Crippen molar-refractivity contribution in [3.8, 4) is 0 Å². The molecule has 0 bridgehead atoms. The fraction of sp³-hybridized carbons (Fsp3) is 0.263. The molecular formula is C19H17ClN2O4S.